The van der Waals surface area contributed by atoms with Crippen molar-refractivity contribution in [1.82, 2.24) is 16.0 Å². The third-order valence-corrected chi connectivity index (χ3v) is 4.42. The second kappa shape index (κ2) is 5.21. The first-order chi connectivity index (χ1) is 9.28. The molecule has 3 rings (SSSR count). The lowest BCUT2D eigenvalue weighted by molar-refractivity contribution is 0.169. The molecule has 4 heteroatoms. The molecular formula is C15H21N3O. The number of urea groups is 1. The average Bonchev–Trinajstić information content (AvgIpc) is 2.81. The van der Waals surface area contributed by atoms with Crippen LogP contribution in [0.3, 0.4) is 0 Å². The zero-order chi connectivity index (χ0) is 13.1. The number of rotatable bonds is 3. The van der Waals surface area contributed by atoms with Crippen molar-refractivity contribution in [2.24, 2.45) is 0 Å². The van der Waals surface area contributed by atoms with E-state index in [1.54, 1.807) is 0 Å². The minimum atomic E-state index is -0.0520. The Morgan fingerprint density at radius 3 is 2.79 bits per heavy atom. The maximum Gasteiger partial charge on any atom is 0.315 e. The lowest BCUT2D eigenvalue weighted by Crippen LogP contribution is -2.60. The predicted molar refractivity (Wildman–Crippen MR) is 74.8 cm³/mol. The number of hydrogen-bond acceptors (Lipinski definition) is 2. The van der Waals surface area contributed by atoms with E-state index in [1.165, 1.54) is 19.3 Å². The molecule has 1 aliphatic carbocycles. The molecule has 1 aromatic rings. The number of amides is 2. The maximum atomic E-state index is 12.0. The summed E-state index contributed by atoms with van der Waals surface area (Å²) < 4.78 is 0. The molecule has 1 aliphatic heterocycles. The number of benzene rings is 1. The van der Waals surface area contributed by atoms with E-state index in [0.29, 0.717) is 6.54 Å². The van der Waals surface area contributed by atoms with Crippen LogP contribution in [-0.2, 0) is 6.54 Å². The van der Waals surface area contributed by atoms with Gasteiger partial charge >= 0.3 is 6.03 Å². The van der Waals surface area contributed by atoms with E-state index in [9.17, 15) is 4.79 Å². The Labute approximate surface area is 114 Å². The summed E-state index contributed by atoms with van der Waals surface area (Å²) in [4.78, 5) is 12.0. The molecular weight excluding hydrogens is 238 g/mol. The monoisotopic (exact) mass is 259 g/mol. The molecule has 4 nitrogen and oxygen atoms in total. The molecule has 1 atom stereocenters. The molecule has 2 fully saturated rings. The minimum Gasteiger partial charge on any atom is -0.334 e. The van der Waals surface area contributed by atoms with Gasteiger partial charge in [-0.3, -0.25) is 0 Å². The molecule has 1 unspecified atom stereocenters. The van der Waals surface area contributed by atoms with Crippen LogP contribution in [-0.4, -0.2) is 24.2 Å². The molecule has 0 bridgehead atoms. The van der Waals surface area contributed by atoms with Crippen molar-refractivity contribution in [2.45, 2.75) is 43.8 Å². The number of carbonyl (C=O) groups is 1. The highest BCUT2D eigenvalue weighted by Gasteiger charge is 2.47. The quantitative estimate of drug-likeness (QED) is 0.775. The van der Waals surface area contributed by atoms with E-state index in [-0.39, 0.29) is 17.6 Å². The molecule has 1 heterocycles. The Kier molecular flexibility index (Phi) is 3.42. The van der Waals surface area contributed by atoms with Gasteiger partial charge in [0.05, 0.1) is 0 Å². The standard InChI is InChI=1S/C15H21N3O/c19-14(16-11-12-5-2-1-3-6-12)18-13-7-10-17-15(13)8-4-9-15/h1-3,5-6,13,17H,4,7-11H2,(H2,16,18,19). The van der Waals surface area contributed by atoms with Gasteiger partial charge in [-0.1, -0.05) is 30.3 Å². The molecule has 0 aromatic heterocycles. The highest BCUT2D eigenvalue weighted by molar-refractivity contribution is 5.74. The van der Waals surface area contributed by atoms with Crippen LogP contribution >= 0.6 is 0 Å². The Hall–Kier alpha value is -1.55. The van der Waals surface area contributed by atoms with Gasteiger partial charge in [-0.05, 0) is 37.8 Å². The van der Waals surface area contributed by atoms with Crippen LogP contribution in [0.2, 0.25) is 0 Å². The zero-order valence-electron chi connectivity index (χ0n) is 11.1. The van der Waals surface area contributed by atoms with Gasteiger partial charge in [-0.15, -0.1) is 0 Å². The van der Waals surface area contributed by atoms with Gasteiger partial charge in [-0.25, -0.2) is 4.79 Å². The van der Waals surface area contributed by atoms with E-state index >= 15 is 0 Å². The van der Waals surface area contributed by atoms with Crippen LogP contribution in [0.4, 0.5) is 4.79 Å². The Morgan fingerprint density at radius 2 is 2.11 bits per heavy atom. The van der Waals surface area contributed by atoms with Crippen molar-refractivity contribution in [3.63, 3.8) is 0 Å². The lowest BCUT2D eigenvalue weighted by atomic mass is 9.73. The topological polar surface area (TPSA) is 53.2 Å². The molecule has 1 saturated heterocycles. The van der Waals surface area contributed by atoms with Crippen LogP contribution in [0.25, 0.3) is 0 Å². The predicted octanol–water partition coefficient (Wildman–Crippen LogP) is 1.77. The van der Waals surface area contributed by atoms with Crippen LogP contribution in [0.1, 0.15) is 31.2 Å². The number of nitrogens with one attached hydrogen (secondary N) is 3. The molecule has 19 heavy (non-hydrogen) atoms. The number of hydrogen-bond donors (Lipinski definition) is 3. The largest absolute Gasteiger partial charge is 0.334 e. The Balaban J connectivity index is 1.49. The smallest absolute Gasteiger partial charge is 0.315 e. The fourth-order valence-electron chi connectivity index (χ4n) is 3.15. The first kappa shape index (κ1) is 12.5. The minimum absolute atomic E-state index is 0.0520. The van der Waals surface area contributed by atoms with Crippen LogP contribution in [0.15, 0.2) is 30.3 Å². The van der Waals surface area contributed by atoms with Crippen LogP contribution in [0, 0.1) is 0 Å². The summed E-state index contributed by atoms with van der Waals surface area (Å²) in [7, 11) is 0. The van der Waals surface area contributed by atoms with Crippen LogP contribution < -0.4 is 16.0 Å². The van der Waals surface area contributed by atoms with E-state index < -0.39 is 0 Å². The van der Waals surface area contributed by atoms with Crippen LogP contribution in [0.5, 0.6) is 0 Å². The molecule has 102 valence electrons. The van der Waals surface area contributed by atoms with E-state index in [1.807, 2.05) is 30.3 Å². The average molecular weight is 259 g/mol. The summed E-state index contributed by atoms with van der Waals surface area (Å²) in [5, 5.41) is 9.62. The molecule has 0 radical (unpaired) electrons. The molecule has 2 amide bonds. The van der Waals surface area contributed by atoms with E-state index in [4.69, 9.17) is 0 Å². The van der Waals surface area contributed by atoms with E-state index in [0.717, 1.165) is 18.5 Å². The van der Waals surface area contributed by atoms with Crippen molar-refractivity contribution in [1.29, 1.82) is 0 Å². The Bertz CT molecular complexity index is 442. The molecule has 1 aromatic carbocycles. The first-order valence-electron chi connectivity index (χ1n) is 7.12. The van der Waals surface area contributed by atoms with Gasteiger partial charge in [-0.2, -0.15) is 0 Å². The van der Waals surface area contributed by atoms with Crippen molar-refractivity contribution < 1.29 is 4.79 Å². The molecule has 2 aliphatic rings. The maximum absolute atomic E-state index is 12.0. The summed E-state index contributed by atoms with van der Waals surface area (Å²) in [5.74, 6) is 0. The SMILES string of the molecule is O=C(NCc1ccccc1)NC1CCNC12CCC2. The second-order valence-electron chi connectivity index (χ2n) is 5.59. The van der Waals surface area contributed by atoms with E-state index in [2.05, 4.69) is 16.0 Å². The molecule has 1 saturated carbocycles. The first-order valence-corrected chi connectivity index (χ1v) is 7.12. The van der Waals surface area contributed by atoms with Gasteiger partial charge in [0, 0.05) is 18.1 Å². The molecule has 1 spiro atoms. The Morgan fingerprint density at radius 1 is 1.32 bits per heavy atom. The summed E-state index contributed by atoms with van der Waals surface area (Å²) >= 11 is 0. The number of carbonyl (C=O) groups excluding carboxylic acids is 1. The second-order valence-corrected chi connectivity index (χ2v) is 5.59. The highest BCUT2D eigenvalue weighted by atomic mass is 16.2. The third-order valence-electron chi connectivity index (χ3n) is 4.42. The van der Waals surface area contributed by atoms with Gasteiger partial charge < -0.3 is 16.0 Å². The normalized spacial score (nSPS) is 23.9. The van der Waals surface area contributed by atoms with Crippen molar-refractivity contribution in [3.05, 3.63) is 35.9 Å². The van der Waals surface area contributed by atoms with Crippen molar-refractivity contribution in [2.75, 3.05) is 6.54 Å². The van der Waals surface area contributed by atoms with Crippen molar-refractivity contribution >= 4 is 6.03 Å². The third kappa shape index (κ3) is 2.59. The van der Waals surface area contributed by atoms with Gasteiger partial charge in [0.15, 0.2) is 0 Å². The highest BCUT2D eigenvalue weighted by Crippen LogP contribution is 2.38. The fourth-order valence-corrected chi connectivity index (χ4v) is 3.15. The van der Waals surface area contributed by atoms with Gasteiger partial charge in [0.2, 0.25) is 0 Å². The zero-order valence-corrected chi connectivity index (χ0v) is 11.1. The van der Waals surface area contributed by atoms with Gasteiger partial charge in [0.25, 0.3) is 0 Å². The summed E-state index contributed by atoms with van der Waals surface area (Å²) in [6.45, 7) is 1.60. The summed E-state index contributed by atoms with van der Waals surface area (Å²) in [5.41, 5.74) is 1.32. The molecule has 3 N–H and O–H groups in total. The van der Waals surface area contributed by atoms with Crippen molar-refractivity contribution in [3.8, 4) is 0 Å². The lowest BCUT2D eigenvalue weighted by Gasteiger charge is -2.43. The fraction of sp³-hybridized carbons (Fsp3) is 0.533. The summed E-state index contributed by atoms with van der Waals surface area (Å²) in [6, 6.07) is 10.2. The summed E-state index contributed by atoms with van der Waals surface area (Å²) in [6.07, 6.45) is 4.70. The van der Waals surface area contributed by atoms with Gasteiger partial charge in [0.1, 0.15) is 0 Å².